The Labute approximate surface area is 69.5 Å². The zero-order chi connectivity index (χ0) is 8.69. The smallest absolute Gasteiger partial charge is 0.145 e. The molecule has 1 unspecified atom stereocenters. The Kier molecular flexibility index (Phi) is 5.81. The van der Waals surface area contributed by atoms with E-state index >= 15 is 0 Å². The Morgan fingerprint density at radius 3 is 2.64 bits per heavy atom. The second-order valence-corrected chi connectivity index (χ2v) is 3.20. The van der Waals surface area contributed by atoms with Crippen molar-refractivity contribution in [3.63, 3.8) is 0 Å². The van der Waals surface area contributed by atoms with Gasteiger partial charge >= 0.3 is 0 Å². The predicted octanol–water partition coefficient (Wildman–Crippen LogP) is 2.96. The summed E-state index contributed by atoms with van der Waals surface area (Å²) in [7, 11) is 0. The van der Waals surface area contributed by atoms with Gasteiger partial charge in [0.15, 0.2) is 0 Å². The van der Waals surface area contributed by atoms with Crippen molar-refractivity contribution >= 4 is 6.29 Å². The second-order valence-electron chi connectivity index (χ2n) is 3.20. The molecule has 1 atom stereocenters. The summed E-state index contributed by atoms with van der Waals surface area (Å²) in [5.41, 5.74) is 0.855. The maximum absolute atomic E-state index is 10.2. The molecular weight excluding hydrogens is 136 g/mol. The highest BCUT2D eigenvalue weighted by Gasteiger charge is 1.97. The lowest BCUT2D eigenvalue weighted by molar-refractivity contribution is -0.104. The van der Waals surface area contributed by atoms with Crippen molar-refractivity contribution in [2.45, 2.75) is 40.0 Å². The van der Waals surface area contributed by atoms with Gasteiger partial charge in [0.2, 0.25) is 0 Å². The SMILES string of the molecule is CCCC(C)C/C=C(\C)C=O. The Hall–Kier alpha value is -0.590. The number of rotatable bonds is 5. The van der Waals surface area contributed by atoms with Crippen LogP contribution < -0.4 is 0 Å². The summed E-state index contributed by atoms with van der Waals surface area (Å²) in [6.45, 7) is 6.26. The molecular formula is C10H18O. The molecule has 0 amide bonds. The number of aldehydes is 1. The molecule has 0 spiro atoms. The van der Waals surface area contributed by atoms with Gasteiger partial charge < -0.3 is 0 Å². The van der Waals surface area contributed by atoms with Gasteiger partial charge in [-0.25, -0.2) is 0 Å². The van der Waals surface area contributed by atoms with Crippen LogP contribution in [0.2, 0.25) is 0 Å². The first-order chi connectivity index (χ1) is 5.20. The van der Waals surface area contributed by atoms with Crippen LogP contribution in [-0.4, -0.2) is 6.29 Å². The molecule has 0 aromatic heterocycles. The molecule has 0 aliphatic rings. The lowest BCUT2D eigenvalue weighted by atomic mass is 10.0. The number of allylic oxidation sites excluding steroid dienone is 2. The van der Waals surface area contributed by atoms with E-state index in [4.69, 9.17) is 0 Å². The third-order valence-corrected chi connectivity index (χ3v) is 1.81. The molecule has 0 aliphatic heterocycles. The van der Waals surface area contributed by atoms with E-state index in [2.05, 4.69) is 13.8 Å². The molecule has 1 nitrogen and oxygen atoms in total. The molecule has 0 bridgehead atoms. The van der Waals surface area contributed by atoms with Gasteiger partial charge in [-0.05, 0) is 24.8 Å². The van der Waals surface area contributed by atoms with Crippen molar-refractivity contribution in [1.29, 1.82) is 0 Å². The van der Waals surface area contributed by atoms with Crippen LogP contribution in [0.15, 0.2) is 11.6 Å². The van der Waals surface area contributed by atoms with Crippen LogP contribution in [0.1, 0.15) is 40.0 Å². The van der Waals surface area contributed by atoms with Gasteiger partial charge in [-0.2, -0.15) is 0 Å². The molecule has 0 aliphatic carbocycles. The van der Waals surface area contributed by atoms with E-state index in [1.165, 1.54) is 12.8 Å². The minimum atomic E-state index is 0.717. The molecule has 0 saturated carbocycles. The predicted molar refractivity (Wildman–Crippen MR) is 48.5 cm³/mol. The van der Waals surface area contributed by atoms with E-state index in [1.807, 2.05) is 13.0 Å². The van der Waals surface area contributed by atoms with Crippen LogP contribution in [0.4, 0.5) is 0 Å². The monoisotopic (exact) mass is 154 g/mol. The van der Waals surface area contributed by atoms with E-state index in [1.54, 1.807) is 0 Å². The van der Waals surface area contributed by atoms with Crippen LogP contribution in [0.25, 0.3) is 0 Å². The lowest BCUT2D eigenvalue weighted by Gasteiger charge is -2.05. The zero-order valence-electron chi connectivity index (χ0n) is 7.76. The molecule has 64 valence electrons. The first kappa shape index (κ1) is 10.4. The van der Waals surface area contributed by atoms with Gasteiger partial charge in [-0.15, -0.1) is 0 Å². The Balaban J connectivity index is 3.59. The Bertz CT molecular complexity index is 136. The molecule has 0 aromatic carbocycles. The number of hydrogen-bond donors (Lipinski definition) is 0. The number of carbonyl (C=O) groups is 1. The summed E-state index contributed by atoms with van der Waals surface area (Å²) in [5.74, 6) is 0.717. The van der Waals surface area contributed by atoms with Crippen molar-refractivity contribution in [3.05, 3.63) is 11.6 Å². The van der Waals surface area contributed by atoms with Crippen molar-refractivity contribution in [3.8, 4) is 0 Å². The van der Waals surface area contributed by atoms with E-state index < -0.39 is 0 Å². The molecule has 0 aromatic rings. The summed E-state index contributed by atoms with van der Waals surface area (Å²) >= 11 is 0. The molecule has 11 heavy (non-hydrogen) atoms. The Morgan fingerprint density at radius 2 is 2.18 bits per heavy atom. The second kappa shape index (κ2) is 6.14. The van der Waals surface area contributed by atoms with Crippen LogP contribution >= 0.6 is 0 Å². The molecule has 0 rings (SSSR count). The van der Waals surface area contributed by atoms with Crippen molar-refractivity contribution in [1.82, 2.24) is 0 Å². The maximum atomic E-state index is 10.2. The highest BCUT2D eigenvalue weighted by Crippen LogP contribution is 2.10. The fraction of sp³-hybridized carbons (Fsp3) is 0.700. The normalized spacial score (nSPS) is 14.6. The topological polar surface area (TPSA) is 17.1 Å². The quantitative estimate of drug-likeness (QED) is 0.439. The zero-order valence-corrected chi connectivity index (χ0v) is 7.76. The fourth-order valence-electron chi connectivity index (χ4n) is 1.05. The fourth-order valence-corrected chi connectivity index (χ4v) is 1.05. The summed E-state index contributed by atoms with van der Waals surface area (Å²) in [5, 5.41) is 0. The van der Waals surface area contributed by atoms with E-state index in [0.29, 0.717) is 0 Å². The largest absolute Gasteiger partial charge is 0.298 e. The van der Waals surface area contributed by atoms with Gasteiger partial charge in [-0.3, -0.25) is 4.79 Å². The van der Waals surface area contributed by atoms with Crippen LogP contribution in [0, 0.1) is 5.92 Å². The highest BCUT2D eigenvalue weighted by atomic mass is 16.1. The maximum Gasteiger partial charge on any atom is 0.145 e. The van der Waals surface area contributed by atoms with Crippen molar-refractivity contribution < 1.29 is 4.79 Å². The third-order valence-electron chi connectivity index (χ3n) is 1.81. The van der Waals surface area contributed by atoms with Gasteiger partial charge in [0.1, 0.15) is 6.29 Å². The number of hydrogen-bond acceptors (Lipinski definition) is 1. The molecule has 0 radical (unpaired) electrons. The van der Waals surface area contributed by atoms with Crippen LogP contribution in [0.3, 0.4) is 0 Å². The molecule has 0 heterocycles. The van der Waals surface area contributed by atoms with Gasteiger partial charge in [0.05, 0.1) is 0 Å². The van der Waals surface area contributed by atoms with Gasteiger partial charge in [-0.1, -0.05) is 32.8 Å². The number of carbonyl (C=O) groups excluding carboxylic acids is 1. The highest BCUT2D eigenvalue weighted by molar-refractivity contribution is 5.71. The third kappa shape index (κ3) is 5.84. The Morgan fingerprint density at radius 1 is 1.55 bits per heavy atom. The molecule has 1 heteroatoms. The van der Waals surface area contributed by atoms with Crippen molar-refractivity contribution in [2.24, 2.45) is 5.92 Å². The standard InChI is InChI=1S/C10H18O/c1-4-5-9(2)6-7-10(3)8-11/h7-9H,4-6H2,1-3H3/b10-7+. The average molecular weight is 154 g/mol. The average Bonchev–Trinajstić information content (AvgIpc) is 2.01. The van der Waals surface area contributed by atoms with Gasteiger partial charge in [0, 0.05) is 0 Å². The van der Waals surface area contributed by atoms with Gasteiger partial charge in [0.25, 0.3) is 0 Å². The first-order valence-electron chi connectivity index (χ1n) is 4.32. The van der Waals surface area contributed by atoms with E-state index in [9.17, 15) is 4.79 Å². The minimum Gasteiger partial charge on any atom is -0.298 e. The molecule has 0 N–H and O–H groups in total. The summed E-state index contributed by atoms with van der Waals surface area (Å²) in [4.78, 5) is 10.2. The van der Waals surface area contributed by atoms with Crippen molar-refractivity contribution in [2.75, 3.05) is 0 Å². The summed E-state index contributed by atoms with van der Waals surface area (Å²) < 4.78 is 0. The van der Waals surface area contributed by atoms with E-state index in [-0.39, 0.29) is 0 Å². The van der Waals surface area contributed by atoms with Crippen LogP contribution in [0.5, 0.6) is 0 Å². The van der Waals surface area contributed by atoms with Crippen LogP contribution in [-0.2, 0) is 4.79 Å². The summed E-state index contributed by atoms with van der Waals surface area (Å²) in [6.07, 6.45) is 6.46. The summed E-state index contributed by atoms with van der Waals surface area (Å²) in [6, 6.07) is 0. The van der Waals surface area contributed by atoms with E-state index in [0.717, 1.165) is 24.2 Å². The molecule has 0 fully saturated rings. The molecule has 0 saturated heterocycles. The lowest BCUT2D eigenvalue weighted by Crippen LogP contribution is -1.91. The minimum absolute atomic E-state index is 0.717. The first-order valence-corrected chi connectivity index (χ1v) is 4.32.